The van der Waals surface area contributed by atoms with Gasteiger partial charge >= 0.3 is 0 Å². The molecule has 0 heterocycles. The number of sulfonamides is 1. The monoisotopic (exact) mass is 458 g/mol. The normalized spacial score (nSPS) is 11.3. The van der Waals surface area contributed by atoms with Gasteiger partial charge in [-0.15, -0.1) is 0 Å². The van der Waals surface area contributed by atoms with Gasteiger partial charge in [0.15, 0.2) is 0 Å². The molecule has 162 valence electrons. The minimum Gasteiger partial charge on any atom is -0.497 e. The summed E-state index contributed by atoms with van der Waals surface area (Å²) in [6, 6.07) is 22.3. The highest BCUT2D eigenvalue weighted by Crippen LogP contribution is 2.20. The van der Waals surface area contributed by atoms with Crippen molar-refractivity contribution in [3.8, 4) is 5.75 Å². The van der Waals surface area contributed by atoms with E-state index < -0.39 is 15.9 Å². The molecule has 0 fully saturated rings. The summed E-state index contributed by atoms with van der Waals surface area (Å²) in [5.41, 5.74) is 1.53. The molecule has 0 aromatic heterocycles. The van der Waals surface area contributed by atoms with Crippen molar-refractivity contribution < 1.29 is 17.9 Å². The number of hydrogen-bond donors (Lipinski definition) is 1. The molecule has 0 atom stereocenters. The second-order valence-corrected chi connectivity index (χ2v) is 9.18. The van der Waals surface area contributed by atoms with Crippen LogP contribution in [0.2, 0.25) is 5.02 Å². The first-order chi connectivity index (χ1) is 14.9. The summed E-state index contributed by atoms with van der Waals surface area (Å²) >= 11 is 5.90. The lowest BCUT2D eigenvalue weighted by Crippen LogP contribution is -2.39. The number of carbonyl (C=O) groups excluding carboxylic acids is 1. The fourth-order valence-electron chi connectivity index (χ4n) is 2.97. The molecule has 1 amide bonds. The minimum absolute atomic E-state index is 0.0854. The molecule has 1 N–H and O–H groups in total. The molecule has 0 aliphatic rings. The number of amides is 1. The Hall–Kier alpha value is -2.87. The van der Waals surface area contributed by atoms with E-state index in [0.717, 1.165) is 5.56 Å². The molecule has 0 aliphatic carbocycles. The number of nitrogens with zero attached hydrogens (tertiary/aromatic N) is 1. The molecule has 0 saturated heterocycles. The van der Waals surface area contributed by atoms with Gasteiger partial charge in [-0.25, -0.2) is 8.42 Å². The number of anilines is 1. The molecule has 0 saturated carbocycles. The lowest BCUT2D eigenvalue weighted by molar-refractivity contribution is -0.116. The van der Waals surface area contributed by atoms with E-state index in [1.165, 1.54) is 28.6 Å². The zero-order valence-electron chi connectivity index (χ0n) is 17.0. The summed E-state index contributed by atoms with van der Waals surface area (Å²) in [4.78, 5) is 12.7. The number of hydrogen-bond acceptors (Lipinski definition) is 4. The molecule has 31 heavy (non-hydrogen) atoms. The number of benzene rings is 3. The van der Waals surface area contributed by atoms with E-state index in [0.29, 0.717) is 22.9 Å². The molecule has 0 spiro atoms. The van der Waals surface area contributed by atoms with Crippen LogP contribution < -0.4 is 10.1 Å². The zero-order valence-corrected chi connectivity index (χ0v) is 18.6. The Morgan fingerprint density at radius 3 is 2.23 bits per heavy atom. The Kier molecular flexibility index (Phi) is 7.68. The van der Waals surface area contributed by atoms with Gasteiger partial charge in [-0.3, -0.25) is 4.79 Å². The summed E-state index contributed by atoms with van der Waals surface area (Å²) in [7, 11) is -2.34. The van der Waals surface area contributed by atoms with Crippen LogP contribution in [0.3, 0.4) is 0 Å². The summed E-state index contributed by atoms with van der Waals surface area (Å²) < 4.78 is 32.7. The number of halogens is 1. The van der Waals surface area contributed by atoms with Gasteiger partial charge in [-0.1, -0.05) is 41.9 Å². The van der Waals surface area contributed by atoms with Gasteiger partial charge < -0.3 is 10.1 Å². The van der Waals surface area contributed by atoms with Crippen LogP contribution in [0.5, 0.6) is 5.75 Å². The third-order valence-corrected chi connectivity index (χ3v) is 6.75. The van der Waals surface area contributed by atoms with Crippen LogP contribution in [0.15, 0.2) is 83.8 Å². The third-order valence-electron chi connectivity index (χ3n) is 4.64. The van der Waals surface area contributed by atoms with Crippen LogP contribution in [-0.4, -0.2) is 38.8 Å². The van der Waals surface area contributed by atoms with E-state index in [4.69, 9.17) is 16.3 Å². The van der Waals surface area contributed by atoms with E-state index in [-0.39, 0.29) is 18.0 Å². The summed E-state index contributed by atoms with van der Waals surface area (Å²) in [6.45, 7) is -0.158. The molecule has 3 aromatic rings. The van der Waals surface area contributed by atoms with Crippen molar-refractivity contribution >= 4 is 33.2 Å². The molecular formula is C23H23ClN2O4S. The highest BCUT2D eigenvalue weighted by molar-refractivity contribution is 7.89. The Balaban J connectivity index is 1.78. The number of carbonyl (C=O) groups is 1. The fraction of sp³-hybridized carbons (Fsp3) is 0.174. The topological polar surface area (TPSA) is 75.7 Å². The fourth-order valence-corrected chi connectivity index (χ4v) is 4.50. The first kappa shape index (κ1) is 22.8. The number of nitrogens with one attached hydrogen (secondary N) is 1. The smallest absolute Gasteiger partial charge is 0.243 e. The van der Waals surface area contributed by atoms with E-state index in [2.05, 4.69) is 5.32 Å². The van der Waals surface area contributed by atoms with Crippen molar-refractivity contribution in [3.05, 3.63) is 89.4 Å². The van der Waals surface area contributed by atoms with Crippen LogP contribution >= 0.6 is 11.6 Å². The minimum atomic E-state index is -3.89. The Bertz CT molecular complexity index is 1100. The van der Waals surface area contributed by atoms with E-state index in [1.807, 2.05) is 30.3 Å². The van der Waals surface area contributed by atoms with Gasteiger partial charge in [-0.2, -0.15) is 4.31 Å². The summed E-state index contributed by atoms with van der Waals surface area (Å²) in [6.07, 6.45) is 0.476. The molecular weight excluding hydrogens is 436 g/mol. The second-order valence-electron chi connectivity index (χ2n) is 6.80. The van der Waals surface area contributed by atoms with Crippen molar-refractivity contribution in [2.75, 3.05) is 25.5 Å². The maximum atomic E-state index is 13.2. The molecule has 0 unspecified atom stereocenters. The maximum Gasteiger partial charge on any atom is 0.243 e. The van der Waals surface area contributed by atoms with Crippen LogP contribution in [-0.2, 0) is 21.2 Å². The van der Waals surface area contributed by atoms with Crippen molar-refractivity contribution in [1.29, 1.82) is 0 Å². The van der Waals surface area contributed by atoms with Crippen molar-refractivity contribution in [3.63, 3.8) is 0 Å². The van der Waals surface area contributed by atoms with Crippen molar-refractivity contribution in [2.45, 2.75) is 11.3 Å². The number of methoxy groups -OCH3 is 1. The molecule has 6 nitrogen and oxygen atoms in total. The number of ether oxygens (including phenoxy) is 1. The van der Waals surface area contributed by atoms with Crippen molar-refractivity contribution in [1.82, 2.24) is 4.31 Å². The summed E-state index contributed by atoms with van der Waals surface area (Å²) in [5, 5.41) is 3.17. The highest BCUT2D eigenvalue weighted by Gasteiger charge is 2.26. The lowest BCUT2D eigenvalue weighted by atomic mass is 10.1. The first-order valence-electron chi connectivity index (χ1n) is 9.62. The summed E-state index contributed by atoms with van der Waals surface area (Å²) in [5.74, 6) is 0.226. The highest BCUT2D eigenvalue weighted by atomic mass is 35.5. The van der Waals surface area contributed by atoms with E-state index in [9.17, 15) is 13.2 Å². The molecule has 3 rings (SSSR count). The van der Waals surface area contributed by atoms with E-state index >= 15 is 0 Å². The maximum absolute atomic E-state index is 13.2. The van der Waals surface area contributed by atoms with Gasteiger partial charge in [0.05, 0.1) is 18.6 Å². The molecule has 8 heteroatoms. The SMILES string of the molecule is COc1ccc(NC(=O)CN(CCc2ccccc2)S(=O)(=O)c2ccc(Cl)cc2)cc1. The molecule has 0 radical (unpaired) electrons. The standard InChI is InChI=1S/C23H23ClN2O4S/c1-30-21-11-9-20(10-12-21)25-23(27)17-26(16-15-18-5-3-2-4-6-18)31(28,29)22-13-7-19(24)8-14-22/h2-14H,15-17H2,1H3,(H,25,27). The lowest BCUT2D eigenvalue weighted by Gasteiger charge is -2.22. The van der Waals surface area contributed by atoms with Crippen LogP contribution in [0, 0.1) is 0 Å². The van der Waals surface area contributed by atoms with Crippen LogP contribution in [0.25, 0.3) is 0 Å². The Morgan fingerprint density at radius 1 is 0.968 bits per heavy atom. The average Bonchev–Trinajstić information content (AvgIpc) is 2.78. The molecule has 0 aliphatic heterocycles. The van der Waals surface area contributed by atoms with Gasteiger partial charge in [0.1, 0.15) is 5.75 Å². The van der Waals surface area contributed by atoms with Gasteiger partial charge in [0.25, 0.3) is 0 Å². The van der Waals surface area contributed by atoms with Gasteiger partial charge in [-0.05, 0) is 60.5 Å². The molecule has 3 aromatic carbocycles. The van der Waals surface area contributed by atoms with Gasteiger partial charge in [0, 0.05) is 17.3 Å². The predicted octanol–water partition coefficient (Wildman–Crippen LogP) is 4.22. The molecule has 0 bridgehead atoms. The number of rotatable bonds is 9. The second kappa shape index (κ2) is 10.4. The third kappa shape index (κ3) is 6.30. The predicted molar refractivity (Wildman–Crippen MR) is 122 cm³/mol. The van der Waals surface area contributed by atoms with Gasteiger partial charge in [0.2, 0.25) is 15.9 Å². The largest absolute Gasteiger partial charge is 0.497 e. The average molecular weight is 459 g/mol. The zero-order chi connectivity index (χ0) is 22.3. The Morgan fingerprint density at radius 2 is 1.61 bits per heavy atom. The first-order valence-corrected chi connectivity index (χ1v) is 11.4. The van der Waals surface area contributed by atoms with E-state index in [1.54, 1.807) is 31.4 Å². The van der Waals surface area contributed by atoms with Crippen LogP contribution in [0.1, 0.15) is 5.56 Å². The van der Waals surface area contributed by atoms with Crippen LogP contribution in [0.4, 0.5) is 5.69 Å². The Labute approximate surface area is 187 Å². The van der Waals surface area contributed by atoms with Crippen molar-refractivity contribution in [2.24, 2.45) is 0 Å². The quantitative estimate of drug-likeness (QED) is 0.521.